The molecule has 15 heavy (non-hydrogen) atoms. The summed E-state index contributed by atoms with van der Waals surface area (Å²) in [6.07, 6.45) is 2.69. The molecule has 0 amide bonds. The molecule has 4 nitrogen and oxygen atoms in total. The van der Waals surface area contributed by atoms with Gasteiger partial charge in [-0.25, -0.2) is 15.8 Å². The minimum absolute atomic E-state index is 0.395. The van der Waals surface area contributed by atoms with Gasteiger partial charge in [0.05, 0.1) is 11.2 Å². The van der Waals surface area contributed by atoms with Gasteiger partial charge >= 0.3 is 0 Å². The first-order valence-electron chi connectivity index (χ1n) is 4.75. The number of hydrogen-bond acceptors (Lipinski definition) is 5. The Morgan fingerprint density at radius 1 is 1.60 bits per heavy atom. The average Bonchev–Trinajstić information content (AvgIpc) is 2.20. The Hall–Kier alpha value is -0.520. The van der Waals surface area contributed by atoms with E-state index in [2.05, 4.69) is 29.2 Å². The van der Waals surface area contributed by atoms with Crippen LogP contribution in [0.4, 0.5) is 5.95 Å². The molecule has 1 aromatic rings. The second-order valence-electron chi connectivity index (χ2n) is 3.52. The van der Waals surface area contributed by atoms with E-state index in [0.29, 0.717) is 16.9 Å². The number of nitrogens with two attached hydrogens (primary N) is 1. The Bertz CT molecular complexity index is 319. The smallest absolute Gasteiger partial charge is 0.238 e. The lowest BCUT2D eigenvalue weighted by atomic mass is 10.2. The maximum Gasteiger partial charge on any atom is 0.238 e. The highest BCUT2D eigenvalue weighted by molar-refractivity contribution is 7.99. The third-order valence-corrected chi connectivity index (χ3v) is 3.19. The lowest BCUT2D eigenvalue weighted by Crippen LogP contribution is -2.10. The van der Waals surface area contributed by atoms with Gasteiger partial charge in [-0.2, -0.15) is 0 Å². The molecule has 0 aliphatic heterocycles. The molecule has 0 saturated carbocycles. The maximum atomic E-state index is 5.95. The van der Waals surface area contributed by atoms with Gasteiger partial charge in [-0.1, -0.05) is 25.4 Å². The van der Waals surface area contributed by atoms with Crippen LogP contribution in [0.15, 0.2) is 11.2 Å². The van der Waals surface area contributed by atoms with E-state index < -0.39 is 0 Å². The lowest BCUT2D eigenvalue weighted by molar-refractivity contribution is 0.632. The fraction of sp³-hybridized carbons (Fsp3) is 0.556. The van der Waals surface area contributed by atoms with E-state index in [0.717, 1.165) is 17.2 Å². The predicted molar refractivity (Wildman–Crippen MR) is 65.0 cm³/mol. The number of aromatic nitrogens is 2. The fourth-order valence-corrected chi connectivity index (χ4v) is 2.29. The van der Waals surface area contributed by atoms with Crippen LogP contribution in [-0.2, 0) is 0 Å². The molecule has 1 rings (SSSR count). The van der Waals surface area contributed by atoms with Crippen LogP contribution in [0.25, 0.3) is 0 Å². The number of halogens is 1. The van der Waals surface area contributed by atoms with Gasteiger partial charge in [0, 0.05) is 0 Å². The molecule has 0 atom stereocenters. The van der Waals surface area contributed by atoms with Crippen LogP contribution in [0, 0.1) is 5.92 Å². The molecule has 6 heteroatoms. The second-order valence-corrected chi connectivity index (χ2v) is 5.01. The molecule has 0 aliphatic carbocycles. The summed E-state index contributed by atoms with van der Waals surface area (Å²) in [7, 11) is 0. The first-order chi connectivity index (χ1) is 7.13. The quantitative estimate of drug-likeness (QED) is 0.362. The summed E-state index contributed by atoms with van der Waals surface area (Å²) in [4.78, 5) is 8.08. The summed E-state index contributed by atoms with van der Waals surface area (Å²) in [5.41, 5.74) is 2.40. The zero-order valence-electron chi connectivity index (χ0n) is 8.83. The zero-order valence-corrected chi connectivity index (χ0v) is 10.4. The van der Waals surface area contributed by atoms with Crippen LogP contribution in [0.5, 0.6) is 0 Å². The van der Waals surface area contributed by atoms with Gasteiger partial charge in [0.15, 0.2) is 0 Å². The molecule has 0 fully saturated rings. The van der Waals surface area contributed by atoms with Gasteiger partial charge in [-0.3, -0.25) is 5.43 Å². The molecule has 3 N–H and O–H groups in total. The Kier molecular flexibility index (Phi) is 5.14. The Labute approximate surface area is 99.0 Å². The number of thioether (sulfide) groups is 1. The number of rotatable bonds is 5. The summed E-state index contributed by atoms with van der Waals surface area (Å²) in [5, 5.41) is 1.35. The Balaban J connectivity index is 2.59. The third-order valence-electron chi connectivity index (χ3n) is 1.78. The van der Waals surface area contributed by atoms with E-state index in [4.69, 9.17) is 17.4 Å². The molecule has 0 aromatic carbocycles. The molecule has 0 radical (unpaired) electrons. The SMILES string of the molecule is CC(C)CCSc1nc(NN)ncc1Cl. The van der Waals surface area contributed by atoms with Crippen molar-refractivity contribution in [3.05, 3.63) is 11.2 Å². The first kappa shape index (κ1) is 12.5. The summed E-state index contributed by atoms with van der Waals surface area (Å²) in [6, 6.07) is 0. The highest BCUT2D eigenvalue weighted by Crippen LogP contribution is 2.26. The van der Waals surface area contributed by atoms with E-state index in [1.54, 1.807) is 18.0 Å². The predicted octanol–water partition coefficient (Wildman–Crippen LogP) is 2.55. The van der Waals surface area contributed by atoms with Crippen LogP contribution < -0.4 is 11.3 Å². The summed E-state index contributed by atoms with van der Waals surface area (Å²) in [5.74, 6) is 7.30. The van der Waals surface area contributed by atoms with Crippen molar-refractivity contribution < 1.29 is 0 Å². The van der Waals surface area contributed by atoms with Crippen LogP contribution in [0.3, 0.4) is 0 Å². The summed E-state index contributed by atoms with van der Waals surface area (Å²) >= 11 is 7.58. The fourth-order valence-electron chi connectivity index (χ4n) is 0.914. The Morgan fingerprint density at radius 2 is 2.33 bits per heavy atom. The van der Waals surface area contributed by atoms with Crippen molar-refractivity contribution in [1.29, 1.82) is 0 Å². The highest BCUT2D eigenvalue weighted by atomic mass is 35.5. The van der Waals surface area contributed by atoms with Crippen LogP contribution >= 0.6 is 23.4 Å². The normalized spacial score (nSPS) is 10.7. The largest absolute Gasteiger partial charge is 0.292 e. The molecule has 0 bridgehead atoms. The minimum Gasteiger partial charge on any atom is -0.292 e. The molecule has 0 aliphatic rings. The van der Waals surface area contributed by atoms with Gasteiger partial charge in [0.25, 0.3) is 0 Å². The standard InChI is InChI=1S/C9H15ClN4S/c1-6(2)3-4-15-8-7(10)5-12-9(13-8)14-11/h5-6H,3-4,11H2,1-2H3,(H,12,13,14). The van der Waals surface area contributed by atoms with Crippen LogP contribution in [0.1, 0.15) is 20.3 Å². The number of hydrogen-bond donors (Lipinski definition) is 2. The molecule has 1 aromatic heterocycles. The molecule has 1 heterocycles. The molecule has 0 saturated heterocycles. The lowest BCUT2D eigenvalue weighted by Gasteiger charge is -2.06. The number of nitrogens with one attached hydrogen (secondary N) is 1. The maximum absolute atomic E-state index is 5.95. The Morgan fingerprint density at radius 3 is 2.93 bits per heavy atom. The number of nitrogens with zero attached hydrogens (tertiary/aromatic N) is 2. The van der Waals surface area contributed by atoms with Crippen LogP contribution in [0.2, 0.25) is 5.02 Å². The second kappa shape index (κ2) is 6.15. The van der Waals surface area contributed by atoms with Gasteiger partial charge in [0.1, 0.15) is 5.03 Å². The molecular weight excluding hydrogens is 232 g/mol. The zero-order chi connectivity index (χ0) is 11.3. The van der Waals surface area contributed by atoms with Crippen molar-refractivity contribution in [2.45, 2.75) is 25.3 Å². The van der Waals surface area contributed by atoms with E-state index in [-0.39, 0.29) is 0 Å². The number of nitrogen functional groups attached to an aromatic ring is 1. The summed E-state index contributed by atoms with van der Waals surface area (Å²) in [6.45, 7) is 4.38. The van der Waals surface area contributed by atoms with E-state index in [9.17, 15) is 0 Å². The van der Waals surface area contributed by atoms with E-state index >= 15 is 0 Å². The number of hydrazine groups is 1. The van der Waals surface area contributed by atoms with Gasteiger partial charge < -0.3 is 0 Å². The van der Waals surface area contributed by atoms with Crippen molar-refractivity contribution in [3.8, 4) is 0 Å². The number of anilines is 1. The van der Waals surface area contributed by atoms with Gasteiger partial charge in [-0.05, 0) is 18.1 Å². The van der Waals surface area contributed by atoms with Crippen molar-refractivity contribution in [1.82, 2.24) is 9.97 Å². The van der Waals surface area contributed by atoms with E-state index in [1.807, 2.05) is 0 Å². The molecule has 0 unspecified atom stereocenters. The first-order valence-corrected chi connectivity index (χ1v) is 6.11. The van der Waals surface area contributed by atoms with E-state index in [1.165, 1.54) is 0 Å². The molecular formula is C9H15ClN4S. The molecule has 84 valence electrons. The average molecular weight is 247 g/mol. The monoisotopic (exact) mass is 246 g/mol. The third kappa shape index (κ3) is 4.24. The van der Waals surface area contributed by atoms with Crippen molar-refractivity contribution in [2.24, 2.45) is 11.8 Å². The molecule has 0 spiro atoms. The van der Waals surface area contributed by atoms with Crippen LogP contribution in [-0.4, -0.2) is 15.7 Å². The topological polar surface area (TPSA) is 63.8 Å². The minimum atomic E-state index is 0.395. The highest BCUT2D eigenvalue weighted by Gasteiger charge is 2.05. The van der Waals surface area contributed by atoms with Crippen molar-refractivity contribution in [2.75, 3.05) is 11.2 Å². The van der Waals surface area contributed by atoms with Crippen molar-refractivity contribution in [3.63, 3.8) is 0 Å². The van der Waals surface area contributed by atoms with Crippen molar-refractivity contribution >= 4 is 29.3 Å². The van der Waals surface area contributed by atoms with Gasteiger partial charge in [0.2, 0.25) is 5.95 Å². The summed E-state index contributed by atoms with van der Waals surface area (Å²) < 4.78 is 0. The van der Waals surface area contributed by atoms with Gasteiger partial charge in [-0.15, -0.1) is 11.8 Å².